The van der Waals surface area contributed by atoms with Crippen molar-refractivity contribution in [3.63, 3.8) is 0 Å². The van der Waals surface area contributed by atoms with Crippen LogP contribution in [-0.2, 0) is 4.79 Å². The Morgan fingerprint density at radius 1 is 1.36 bits per heavy atom. The summed E-state index contributed by atoms with van der Waals surface area (Å²) < 4.78 is 5.07. The Morgan fingerprint density at radius 3 is 2.43 bits per heavy atom. The van der Waals surface area contributed by atoms with Crippen LogP contribution in [0.1, 0.15) is 20.3 Å². The van der Waals surface area contributed by atoms with Gasteiger partial charge in [0, 0.05) is 4.87 Å². The summed E-state index contributed by atoms with van der Waals surface area (Å²) >= 11 is 5.89. The van der Waals surface area contributed by atoms with E-state index in [2.05, 4.69) is 0 Å². The quantitative estimate of drug-likeness (QED) is 0.438. The second kappa shape index (κ2) is 4.47. The van der Waals surface area contributed by atoms with Crippen molar-refractivity contribution in [2.24, 2.45) is 0 Å². The van der Waals surface area contributed by atoms with Gasteiger partial charge in [-0.1, -0.05) is 18.2 Å². The number of alkyl halides is 1. The van der Waals surface area contributed by atoms with E-state index in [-0.39, 0.29) is 12.4 Å². The maximum absolute atomic E-state index is 11.3. The molecule has 1 rings (SSSR count). The highest BCUT2D eigenvalue weighted by Gasteiger charge is 2.19. The van der Waals surface area contributed by atoms with Gasteiger partial charge in [0.1, 0.15) is 5.75 Å². The number of hydrogen-bond acceptors (Lipinski definition) is 2. The number of carbonyl (C=O) groups is 1. The average Bonchev–Trinajstić information content (AvgIpc) is 2.02. The van der Waals surface area contributed by atoms with Gasteiger partial charge in [-0.3, -0.25) is 4.79 Å². The van der Waals surface area contributed by atoms with E-state index in [0.717, 1.165) is 0 Å². The molecule has 0 heterocycles. The standard InChI is InChI=1S/C11H13ClO2/c1-11(2,12)8-10(13)14-9-6-4-3-5-7-9/h3-7H,8H2,1-2H3. The fourth-order valence-corrected chi connectivity index (χ4v) is 1.11. The van der Waals surface area contributed by atoms with Crippen LogP contribution in [0.2, 0.25) is 0 Å². The van der Waals surface area contributed by atoms with Crippen molar-refractivity contribution < 1.29 is 9.53 Å². The van der Waals surface area contributed by atoms with E-state index >= 15 is 0 Å². The van der Waals surface area contributed by atoms with Crippen molar-refractivity contribution in [2.75, 3.05) is 0 Å². The minimum absolute atomic E-state index is 0.198. The highest BCUT2D eigenvalue weighted by molar-refractivity contribution is 6.24. The van der Waals surface area contributed by atoms with E-state index in [1.165, 1.54) is 0 Å². The van der Waals surface area contributed by atoms with Crippen molar-refractivity contribution >= 4 is 17.6 Å². The lowest BCUT2D eigenvalue weighted by atomic mass is 10.1. The normalized spacial score (nSPS) is 11.1. The lowest BCUT2D eigenvalue weighted by Crippen LogP contribution is -2.20. The molecule has 3 heteroatoms. The van der Waals surface area contributed by atoms with E-state index in [0.29, 0.717) is 5.75 Å². The molecule has 0 bridgehead atoms. The first-order valence-electron chi connectivity index (χ1n) is 4.42. The number of rotatable bonds is 3. The molecule has 0 aliphatic carbocycles. The molecule has 0 fully saturated rings. The predicted octanol–water partition coefficient (Wildman–Crippen LogP) is 3.00. The van der Waals surface area contributed by atoms with Crippen molar-refractivity contribution in [3.8, 4) is 5.75 Å². The molecule has 2 nitrogen and oxygen atoms in total. The summed E-state index contributed by atoms with van der Waals surface area (Å²) in [5, 5.41) is 0. The molecule has 14 heavy (non-hydrogen) atoms. The van der Waals surface area contributed by atoms with Gasteiger partial charge in [0.05, 0.1) is 6.42 Å². The molecule has 0 saturated heterocycles. The Balaban J connectivity index is 2.50. The molecule has 76 valence electrons. The number of para-hydroxylation sites is 1. The molecule has 0 aliphatic heterocycles. The lowest BCUT2D eigenvalue weighted by molar-refractivity contribution is -0.134. The third kappa shape index (κ3) is 4.28. The largest absolute Gasteiger partial charge is 0.426 e. The Bertz CT molecular complexity index is 301. The third-order valence-corrected chi connectivity index (χ3v) is 1.67. The zero-order valence-electron chi connectivity index (χ0n) is 8.29. The first-order chi connectivity index (χ1) is 6.47. The summed E-state index contributed by atoms with van der Waals surface area (Å²) in [7, 11) is 0. The van der Waals surface area contributed by atoms with Gasteiger partial charge < -0.3 is 4.74 Å². The summed E-state index contributed by atoms with van der Waals surface area (Å²) in [6, 6.07) is 8.96. The summed E-state index contributed by atoms with van der Waals surface area (Å²) in [5.41, 5.74) is 0. The van der Waals surface area contributed by atoms with E-state index in [4.69, 9.17) is 16.3 Å². The van der Waals surface area contributed by atoms with E-state index in [1.807, 2.05) is 18.2 Å². The van der Waals surface area contributed by atoms with Gasteiger partial charge in [-0.15, -0.1) is 11.6 Å². The molecule has 0 amide bonds. The van der Waals surface area contributed by atoms with Gasteiger partial charge in [0.15, 0.2) is 0 Å². The Morgan fingerprint density at radius 2 is 1.93 bits per heavy atom. The average molecular weight is 213 g/mol. The first-order valence-corrected chi connectivity index (χ1v) is 4.80. The zero-order valence-corrected chi connectivity index (χ0v) is 9.04. The van der Waals surface area contributed by atoms with Crippen LogP contribution < -0.4 is 4.74 Å². The van der Waals surface area contributed by atoms with Gasteiger partial charge >= 0.3 is 5.97 Å². The maximum Gasteiger partial charge on any atom is 0.312 e. The van der Waals surface area contributed by atoms with Gasteiger partial charge in [-0.2, -0.15) is 0 Å². The lowest BCUT2D eigenvalue weighted by Gasteiger charge is -2.13. The van der Waals surface area contributed by atoms with E-state index < -0.39 is 4.87 Å². The molecular formula is C11H13ClO2. The van der Waals surface area contributed by atoms with Gasteiger partial charge in [0.2, 0.25) is 0 Å². The maximum atomic E-state index is 11.3. The number of carbonyl (C=O) groups excluding carboxylic acids is 1. The molecule has 0 aliphatic rings. The topological polar surface area (TPSA) is 26.3 Å². The Kier molecular flexibility index (Phi) is 3.53. The van der Waals surface area contributed by atoms with E-state index in [1.54, 1.807) is 26.0 Å². The minimum atomic E-state index is -0.550. The molecule has 0 radical (unpaired) electrons. The molecule has 0 spiro atoms. The summed E-state index contributed by atoms with van der Waals surface area (Å²) in [5.74, 6) is 0.245. The monoisotopic (exact) mass is 212 g/mol. The first kappa shape index (κ1) is 11.1. The predicted molar refractivity (Wildman–Crippen MR) is 56.6 cm³/mol. The Labute approximate surface area is 88.8 Å². The highest BCUT2D eigenvalue weighted by atomic mass is 35.5. The number of hydrogen-bond donors (Lipinski definition) is 0. The van der Waals surface area contributed by atoms with Crippen LogP contribution >= 0.6 is 11.6 Å². The van der Waals surface area contributed by atoms with Crippen LogP contribution in [0.15, 0.2) is 30.3 Å². The number of halogens is 1. The van der Waals surface area contributed by atoms with Crippen molar-refractivity contribution in [1.29, 1.82) is 0 Å². The van der Waals surface area contributed by atoms with Gasteiger partial charge in [-0.05, 0) is 26.0 Å². The molecule has 0 aromatic heterocycles. The fourth-order valence-electron chi connectivity index (χ4n) is 0.999. The van der Waals surface area contributed by atoms with Crippen molar-refractivity contribution in [1.82, 2.24) is 0 Å². The molecular weight excluding hydrogens is 200 g/mol. The third-order valence-electron chi connectivity index (χ3n) is 1.54. The van der Waals surface area contributed by atoms with Crippen LogP contribution in [0.25, 0.3) is 0 Å². The van der Waals surface area contributed by atoms with Crippen molar-refractivity contribution in [3.05, 3.63) is 30.3 Å². The van der Waals surface area contributed by atoms with Gasteiger partial charge in [0.25, 0.3) is 0 Å². The summed E-state index contributed by atoms with van der Waals surface area (Å²) in [6.07, 6.45) is 0.198. The molecule has 0 saturated carbocycles. The number of benzene rings is 1. The SMILES string of the molecule is CC(C)(Cl)CC(=O)Oc1ccccc1. The molecule has 0 N–H and O–H groups in total. The fraction of sp³-hybridized carbons (Fsp3) is 0.364. The molecule has 1 aromatic rings. The van der Waals surface area contributed by atoms with Crippen LogP contribution in [-0.4, -0.2) is 10.8 Å². The van der Waals surface area contributed by atoms with E-state index in [9.17, 15) is 4.79 Å². The summed E-state index contributed by atoms with van der Waals surface area (Å²) in [6.45, 7) is 3.56. The molecule has 0 atom stereocenters. The van der Waals surface area contributed by atoms with Crippen LogP contribution in [0.3, 0.4) is 0 Å². The number of esters is 1. The second-order valence-corrected chi connectivity index (χ2v) is 4.71. The second-order valence-electron chi connectivity index (χ2n) is 3.68. The smallest absolute Gasteiger partial charge is 0.312 e. The van der Waals surface area contributed by atoms with Gasteiger partial charge in [-0.25, -0.2) is 0 Å². The molecule has 1 aromatic carbocycles. The molecule has 0 unspecified atom stereocenters. The Hall–Kier alpha value is -1.02. The van der Waals surface area contributed by atoms with Crippen LogP contribution in [0, 0.1) is 0 Å². The van der Waals surface area contributed by atoms with Crippen LogP contribution in [0.4, 0.5) is 0 Å². The summed E-state index contributed by atoms with van der Waals surface area (Å²) in [4.78, 5) is 10.8. The highest BCUT2D eigenvalue weighted by Crippen LogP contribution is 2.19. The van der Waals surface area contributed by atoms with Crippen LogP contribution in [0.5, 0.6) is 5.75 Å². The van der Waals surface area contributed by atoms with Crippen molar-refractivity contribution in [2.45, 2.75) is 25.1 Å². The minimum Gasteiger partial charge on any atom is -0.426 e. The zero-order chi connectivity index (χ0) is 10.6. The number of ether oxygens (including phenoxy) is 1.